The number of aromatic nitrogens is 2. The number of anilines is 1. The van der Waals surface area contributed by atoms with Crippen LogP contribution in [0.5, 0.6) is 11.5 Å². The zero-order valence-electron chi connectivity index (χ0n) is 17.7. The van der Waals surface area contributed by atoms with Gasteiger partial charge in [0.25, 0.3) is 0 Å². The number of rotatable bonds is 4. The Kier molecular flexibility index (Phi) is 4.79. The topological polar surface area (TPSA) is 80.9 Å². The summed E-state index contributed by atoms with van der Waals surface area (Å²) in [6, 6.07) is 9.94. The van der Waals surface area contributed by atoms with Crippen LogP contribution in [0.2, 0.25) is 0 Å². The molecule has 0 N–H and O–H groups in total. The summed E-state index contributed by atoms with van der Waals surface area (Å²) in [5, 5.41) is 0. The fraction of sp³-hybridized carbons (Fsp3) is 0.375. The number of nitrogens with zero attached hydrogens (tertiary/aromatic N) is 4. The molecule has 0 bridgehead atoms. The van der Waals surface area contributed by atoms with E-state index in [9.17, 15) is 4.79 Å². The Hall–Kier alpha value is -3.39. The molecule has 1 aliphatic carbocycles. The van der Waals surface area contributed by atoms with Crippen LogP contribution in [0.4, 0.5) is 5.95 Å². The average Bonchev–Trinajstić information content (AvgIpc) is 3.51. The maximum absolute atomic E-state index is 12.6. The molecule has 4 heterocycles. The smallest absolute Gasteiger partial charge is 0.231 e. The van der Waals surface area contributed by atoms with Crippen molar-refractivity contribution in [3.05, 3.63) is 65.4 Å². The molecule has 1 fully saturated rings. The van der Waals surface area contributed by atoms with Crippen molar-refractivity contribution in [2.75, 3.05) is 37.9 Å². The summed E-state index contributed by atoms with van der Waals surface area (Å²) >= 11 is 0. The lowest BCUT2D eigenvalue weighted by molar-refractivity contribution is 0.0958. The highest BCUT2D eigenvalue weighted by Crippen LogP contribution is 2.34. The van der Waals surface area contributed by atoms with Gasteiger partial charge in [0.05, 0.1) is 17.5 Å². The van der Waals surface area contributed by atoms with E-state index in [1.165, 1.54) is 5.56 Å². The summed E-state index contributed by atoms with van der Waals surface area (Å²) in [4.78, 5) is 26.6. The van der Waals surface area contributed by atoms with E-state index in [0.717, 1.165) is 55.7 Å². The molecule has 0 saturated carbocycles. The maximum Gasteiger partial charge on any atom is 0.231 e. The van der Waals surface area contributed by atoms with Gasteiger partial charge >= 0.3 is 0 Å². The zero-order chi connectivity index (χ0) is 21.5. The highest BCUT2D eigenvalue weighted by molar-refractivity contribution is 5.98. The molecule has 0 amide bonds. The first-order valence-corrected chi connectivity index (χ1v) is 11.0. The molecule has 1 aromatic carbocycles. The summed E-state index contributed by atoms with van der Waals surface area (Å²) in [6.07, 6.45) is 4.51. The van der Waals surface area contributed by atoms with Crippen LogP contribution in [0.25, 0.3) is 0 Å². The van der Waals surface area contributed by atoms with Gasteiger partial charge in [-0.05, 0) is 29.8 Å². The quantitative estimate of drug-likeness (QED) is 0.622. The van der Waals surface area contributed by atoms with E-state index < -0.39 is 0 Å². The third kappa shape index (κ3) is 3.60. The van der Waals surface area contributed by atoms with Gasteiger partial charge in [-0.2, -0.15) is 0 Å². The Morgan fingerprint density at radius 3 is 2.75 bits per heavy atom. The number of benzene rings is 1. The van der Waals surface area contributed by atoms with Crippen LogP contribution in [0.3, 0.4) is 0 Å². The van der Waals surface area contributed by atoms with Gasteiger partial charge in [0, 0.05) is 57.7 Å². The summed E-state index contributed by atoms with van der Waals surface area (Å²) in [5.41, 5.74) is 2.70. The zero-order valence-corrected chi connectivity index (χ0v) is 17.7. The van der Waals surface area contributed by atoms with Crippen LogP contribution in [0, 0.1) is 0 Å². The SMILES string of the molecule is O=C1C[C@@H](c2ccco2)Cc2nc(N3CCN(Cc4ccc5c(c4)OCO5)CC3)ncc21. The van der Waals surface area contributed by atoms with E-state index in [4.69, 9.17) is 18.9 Å². The summed E-state index contributed by atoms with van der Waals surface area (Å²) in [5.74, 6) is 3.33. The molecule has 2 aromatic heterocycles. The van der Waals surface area contributed by atoms with Crippen LogP contribution < -0.4 is 14.4 Å². The number of carbonyl (C=O) groups excluding carboxylic acids is 1. The Morgan fingerprint density at radius 1 is 1.03 bits per heavy atom. The van der Waals surface area contributed by atoms with Crippen LogP contribution in [0.15, 0.2) is 47.2 Å². The van der Waals surface area contributed by atoms with Gasteiger partial charge in [-0.15, -0.1) is 0 Å². The van der Waals surface area contributed by atoms with Gasteiger partial charge in [0.1, 0.15) is 5.76 Å². The molecule has 164 valence electrons. The van der Waals surface area contributed by atoms with Gasteiger partial charge in [-0.25, -0.2) is 9.97 Å². The minimum atomic E-state index is 0.0475. The highest BCUT2D eigenvalue weighted by Gasteiger charge is 2.30. The predicted molar refractivity (Wildman–Crippen MR) is 116 cm³/mol. The van der Waals surface area contributed by atoms with Gasteiger partial charge in [0.15, 0.2) is 17.3 Å². The van der Waals surface area contributed by atoms with Crippen molar-refractivity contribution >= 4 is 11.7 Å². The first kappa shape index (κ1) is 19.3. The number of Topliss-reactive ketones (excluding diaryl/α,β-unsaturated/α-hetero) is 1. The lowest BCUT2D eigenvalue weighted by Gasteiger charge is -2.35. The van der Waals surface area contributed by atoms with Crippen molar-refractivity contribution in [1.82, 2.24) is 14.9 Å². The van der Waals surface area contributed by atoms with Gasteiger partial charge in [0.2, 0.25) is 12.7 Å². The number of hydrogen-bond donors (Lipinski definition) is 0. The number of carbonyl (C=O) groups is 1. The Balaban J connectivity index is 1.12. The molecule has 8 heteroatoms. The largest absolute Gasteiger partial charge is 0.469 e. The molecule has 32 heavy (non-hydrogen) atoms. The lowest BCUT2D eigenvalue weighted by atomic mass is 9.85. The van der Waals surface area contributed by atoms with Crippen LogP contribution in [-0.2, 0) is 13.0 Å². The van der Waals surface area contributed by atoms with Crippen LogP contribution in [-0.4, -0.2) is 53.6 Å². The number of ketones is 1. The maximum atomic E-state index is 12.6. The van der Waals surface area contributed by atoms with E-state index in [1.54, 1.807) is 12.5 Å². The molecule has 0 spiro atoms. The molecule has 6 rings (SSSR count). The van der Waals surface area contributed by atoms with Crippen molar-refractivity contribution in [2.24, 2.45) is 0 Å². The Morgan fingerprint density at radius 2 is 1.91 bits per heavy atom. The average molecular weight is 432 g/mol. The minimum absolute atomic E-state index is 0.0475. The number of fused-ring (bicyclic) bond motifs is 2. The minimum Gasteiger partial charge on any atom is -0.469 e. The first-order chi connectivity index (χ1) is 15.7. The fourth-order valence-corrected chi connectivity index (χ4v) is 4.72. The molecular formula is C24H24N4O4. The third-order valence-corrected chi connectivity index (χ3v) is 6.47. The van der Waals surface area contributed by atoms with Crippen LogP contribution in [0.1, 0.15) is 39.7 Å². The van der Waals surface area contributed by atoms with E-state index in [2.05, 4.69) is 26.9 Å². The Labute approximate surface area is 185 Å². The van der Waals surface area contributed by atoms with Gasteiger partial charge < -0.3 is 18.8 Å². The van der Waals surface area contributed by atoms with E-state index in [1.807, 2.05) is 18.2 Å². The molecule has 3 aliphatic rings. The van der Waals surface area contributed by atoms with Crippen molar-refractivity contribution in [2.45, 2.75) is 25.3 Å². The second kappa shape index (κ2) is 7.94. The van der Waals surface area contributed by atoms with E-state index >= 15 is 0 Å². The predicted octanol–water partition coefficient (Wildman–Crippen LogP) is 3.03. The van der Waals surface area contributed by atoms with Crippen molar-refractivity contribution in [3.63, 3.8) is 0 Å². The summed E-state index contributed by atoms with van der Waals surface area (Å²) in [7, 11) is 0. The number of furan rings is 1. The van der Waals surface area contributed by atoms with E-state index in [0.29, 0.717) is 31.1 Å². The highest BCUT2D eigenvalue weighted by atomic mass is 16.7. The molecule has 1 saturated heterocycles. The second-order valence-electron chi connectivity index (χ2n) is 8.52. The summed E-state index contributed by atoms with van der Waals surface area (Å²) in [6.45, 7) is 4.70. The van der Waals surface area contributed by atoms with E-state index in [-0.39, 0.29) is 11.7 Å². The number of ether oxygens (including phenoxy) is 2. The monoisotopic (exact) mass is 432 g/mol. The second-order valence-corrected chi connectivity index (χ2v) is 8.52. The molecule has 0 unspecified atom stereocenters. The van der Waals surface area contributed by atoms with Crippen molar-refractivity contribution in [1.29, 1.82) is 0 Å². The molecular weight excluding hydrogens is 408 g/mol. The lowest BCUT2D eigenvalue weighted by Crippen LogP contribution is -2.46. The molecule has 0 radical (unpaired) electrons. The number of hydrogen-bond acceptors (Lipinski definition) is 8. The van der Waals surface area contributed by atoms with Gasteiger partial charge in [-0.3, -0.25) is 9.69 Å². The molecule has 3 aromatic rings. The van der Waals surface area contributed by atoms with Crippen molar-refractivity contribution in [3.8, 4) is 11.5 Å². The number of piperazine rings is 1. The third-order valence-electron chi connectivity index (χ3n) is 6.47. The Bertz CT molecular complexity index is 1140. The molecule has 8 nitrogen and oxygen atoms in total. The first-order valence-electron chi connectivity index (χ1n) is 11.0. The summed E-state index contributed by atoms with van der Waals surface area (Å²) < 4.78 is 16.4. The molecule has 1 atom stereocenters. The van der Waals surface area contributed by atoms with Gasteiger partial charge in [-0.1, -0.05) is 6.07 Å². The standard InChI is InChI=1S/C24H24N4O4/c29-20-12-17(21-2-1-9-30-21)11-19-18(20)13-25-24(26-19)28-7-5-27(6-8-28)14-16-3-4-22-23(10-16)32-15-31-22/h1-4,9-10,13,17H,5-8,11-12,14-15H2/t17-/m0/s1. The van der Waals surface area contributed by atoms with Crippen LogP contribution >= 0.6 is 0 Å². The normalized spacial score (nSPS) is 20.4. The fourth-order valence-electron chi connectivity index (χ4n) is 4.72. The van der Waals surface area contributed by atoms with Crippen molar-refractivity contribution < 1.29 is 18.7 Å². The molecule has 2 aliphatic heterocycles.